The average molecular weight is 362 g/mol. The van der Waals surface area contributed by atoms with Gasteiger partial charge in [0.05, 0.1) is 18.3 Å². The normalized spacial score (nSPS) is 14.7. The summed E-state index contributed by atoms with van der Waals surface area (Å²) in [4.78, 5) is 29.6. The van der Waals surface area contributed by atoms with Crippen LogP contribution in [0.4, 0.5) is 0 Å². The number of nitrogens with one attached hydrogen (secondary N) is 1. The van der Waals surface area contributed by atoms with Crippen molar-refractivity contribution in [1.29, 1.82) is 0 Å². The van der Waals surface area contributed by atoms with Gasteiger partial charge in [0.2, 0.25) is 5.91 Å². The first kappa shape index (κ1) is 22.3. The smallest absolute Gasteiger partial charge is 0.237 e. The maximum absolute atomic E-state index is 13.1. The van der Waals surface area contributed by atoms with E-state index in [1.54, 1.807) is 12.3 Å². The molecule has 1 unspecified atom stereocenters. The van der Waals surface area contributed by atoms with Crippen molar-refractivity contribution >= 4 is 11.7 Å². The third kappa shape index (κ3) is 6.20. The molecule has 1 aromatic rings. The number of aromatic nitrogens is 1. The highest BCUT2D eigenvalue weighted by Gasteiger charge is 2.26. The lowest BCUT2D eigenvalue weighted by Gasteiger charge is -2.21. The van der Waals surface area contributed by atoms with E-state index in [9.17, 15) is 9.59 Å². The molecule has 1 heterocycles. The SMILES string of the molecule is CCCCC(C(=O)c1cccnc1CNC(=O)[C@@H](N)[C@@H](C)CC)C(C)C. The minimum atomic E-state index is -0.546. The monoisotopic (exact) mass is 361 g/mol. The summed E-state index contributed by atoms with van der Waals surface area (Å²) in [6.45, 7) is 10.5. The van der Waals surface area contributed by atoms with E-state index in [1.807, 2.05) is 19.9 Å². The Bertz CT molecular complexity index is 586. The average Bonchev–Trinajstić information content (AvgIpc) is 2.64. The van der Waals surface area contributed by atoms with Crippen LogP contribution in [0.3, 0.4) is 0 Å². The van der Waals surface area contributed by atoms with Gasteiger partial charge in [0.25, 0.3) is 0 Å². The second-order valence-corrected chi connectivity index (χ2v) is 7.48. The number of amides is 1. The maximum Gasteiger partial charge on any atom is 0.237 e. The fourth-order valence-electron chi connectivity index (χ4n) is 3.00. The quantitative estimate of drug-likeness (QED) is 0.588. The van der Waals surface area contributed by atoms with Crippen LogP contribution in [-0.2, 0) is 11.3 Å². The van der Waals surface area contributed by atoms with Crippen molar-refractivity contribution in [2.75, 3.05) is 0 Å². The molecule has 0 saturated heterocycles. The van der Waals surface area contributed by atoms with Gasteiger partial charge in [-0.1, -0.05) is 53.9 Å². The number of Topliss-reactive ketones (excluding diaryl/α,β-unsaturated/α-hetero) is 1. The standard InChI is InChI=1S/C21H35N3O2/c1-6-8-10-16(14(3)4)20(25)17-11-9-12-23-18(17)13-24-21(26)19(22)15(5)7-2/h9,11-12,14-16,19H,6-8,10,13,22H2,1-5H3,(H,24,26)/t15-,16?,19-/m0/s1. The van der Waals surface area contributed by atoms with Gasteiger partial charge in [-0.05, 0) is 30.4 Å². The number of pyridine rings is 1. The van der Waals surface area contributed by atoms with Crippen molar-refractivity contribution in [3.8, 4) is 0 Å². The summed E-state index contributed by atoms with van der Waals surface area (Å²) in [6, 6.07) is 3.05. The van der Waals surface area contributed by atoms with Crippen LogP contribution in [0.1, 0.15) is 76.4 Å². The highest BCUT2D eigenvalue weighted by Crippen LogP contribution is 2.24. The van der Waals surface area contributed by atoms with Crippen molar-refractivity contribution in [2.45, 2.75) is 72.9 Å². The summed E-state index contributed by atoms with van der Waals surface area (Å²) in [5, 5.41) is 2.84. The van der Waals surface area contributed by atoms with Gasteiger partial charge < -0.3 is 11.1 Å². The zero-order valence-electron chi connectivity index (χ0n) is 16.9. The van der Waals surface area contributed by atoms with Gasteiger partial charge in [-0.3, -0.25) is 14.6 Å². The molecule has 0 radical (unpaired) electrons. The summed E-state index contributed by atoms with van der Waals surface area (Å²) in [5.41, 5.74) is 7.20. The van der Waals surface area contributed by atoms with Crippen molar-refractivity contribution in [1.82, 2.24) is 10.3 Å². The van der Waals surface area contributed by atoms with E-state index >= 15 is 0 Å². The van der Waals surface area contributed by atoms with E-state index < -0.39 is 6.04 Å². The number of ketones is 1. The first-order valence-electron chi connectivity index (χ1n) is 9.84. The molecule has 5 nitrogen and oxygen atoms in total. The van der Waals surface area contributed by atoms with Gasteiger partial charge in [0.1, 0.15) is 0 Å². The van der Waals surface area contributed by atoms with Crippen LogP contribution in [0.5, 0.6) is 0 Å². The van der Waals surface area contributed by atoms with E-state index in [4.69, 9.17) is 5.73 Å². The van der Waals surface area contributed by atoms with Crippen molar-refractivity contribution in [3.05, 3.63) is 29.6 Å². The Hall–Kier alpha value is -1.75. The van der Waals surface area contributed by atoms with Gasteiger partial charge in [0.15, 0.2) is 5.78 Å². The second kappa shape index (κ2) is 11.1. The minimum absolute atomic E-state index is 0.0176. The molecular formula is C21H35N3O2. The Morgan fingerprint density at radius 1 is 1.23 bits per heavy atom. The lowest BCUT2D eigenvalue weighted by Crippen LogP contribution is -2.44. The fourth-order valence-corrected chi connectivity index (χ4v) is 3.00. The van der Waals surface area contributed by atoms with Crippen molar-refractivity contribution in [2.24, 2.45) is 23.5 Å². The zero-order chi connectivity index (χ0) is 19.7. The molecule has 0 aliphatic heterocycles. The lowest BCUT2D eigenvalue weighted by atomic mass is 9.83. The summed E-state index contributed by atoms with van der Waals surface area (Å²) >= 11 is 0. The van der Waals surface area contributed by atoms with Crippen LogP contribution < -0.4 is 11.1 Å². The number of rotatable bonds is 11. The van der Waals surface area contributed by atoms with Gasteiger partial charge in [-0.25, -0.2) is 0 Å². The highest BCUT2D eigenvalue weighted by atomic mass is 16.2. The summed E-state index contributed by atoms with van der Waals surface area (Å²) in [6.07, 6.45) is 5.48. The number of carbonyl (C=O) groups excluding carboxylic acids is 2. The Balaban J connectivity index is 2.89. The third-order valence-electron chi connectivity index (χ3n) is 5.16. The van der Waals surface area contributed by atoms with Crippen LogP contribution >= 0.6 is 0 Å². The molecule has 1 rings (SSSR count). The van der Waals surface area contributed by atoms with Crippen LogP contribution in [0.15, 0.2) is 18.3 Å². The predicted octanol–water partition coefficient (Wildman–Crippen LogP) is 3.72. The maximum atomic E-state index is 13.1. The van der Waals surface area contributed by atoms with E-state index in [2.05, 4.69) is 31.1 Å². The second-order valence-electron chi connectivity index (χ2n) is 7.48. The van der Waals surface area contributed by atoms with Crippen LogP contribution in [-0.4, -0.2) is 22.7 Å². The molecule has 1 aromatic heterocycles. The van der Waals surface area contributed by atoms with Gasteiger partial charge in [-0.15, -0.1) is 0 Å². The van der Waals surface area contributed by atoms with E-state index in [-0.39, 0.29) is 36.0 Å². The molecule has 0 spiro atoms. The molecule has 0 aromatic carbocycles. The molecule has 0 bridgehead atoms. The Morgan fingerprint density at radius 3 is 2.50 bits per heavy atom. The molecule has 146 valence electrons. The number of hydrogen-bond donors (Lipinski definition) is 2. The minimum Gasteiger partial charge on any atom is -0.349 e. The van der Waals surface area contributed by atoms with Gasteiger partial charge in [0, 0.05) is 17.7 Å². The first-order valence-corrected chi connectivity index (χ1v) is 9.84. The molecule has 5 heteroatoms. The highest BCUT2D eigenvalue weighted by molar-refractivity contribution is 5.99. The number of carbonyl (C=O) groups is 2. The Labute approximate surface area is 158 Å². The lowest BCUT2D eigenvalue weighted by molar-refractivity contribution is -0.123. The predicted molar refractivity (Wildman–Crippen MR) is 106 cm³/mol. The molecule has 3 N–H and O–H groups in total. The topological polar surface area (TPSA) is 85.1 Å². The molecule has 1 amide bonds. The Morgan fingerprint density at radius 2 is 1.92 bits per heavy atom. The zero-order valence-corrected chi connectivity index (χ0v) is 16.9. The number of nitrogens with two attached hydrogens (primary N) is 1. The summed E-state index contributed by atoms with van der Waals surface area (Å²) < 4.78 is 0. The first-order chi connectivity index (χ1) is 12.3. The van der Waals surface area contributed by atoms with E-state index in [0.717, 1.165) is 25.7 Å². The van der Waals surface area contributed by atoms with Gasteiger partial charge in [-0.2, -0.15) is 0 Å². The molecule has 0 fully saturated rings. The molecule has 3 atom stereocenters. The summed E-state index contributed by atoms with van der Waals surface area (Å²) in [7, 11) is 0. The molecule has 0 aliphatic carbocycles. The van der Waals surface area contributed by atoms with E-state index in [0.29, 0.717) is 11.3 Å². The number of hydrogen-bond acceptors (Lipinski definition) is 4. The number of unbranched alkanes of at least 4 members (excludes halogenated alkanes) is 1. The van der Waals surface area contributed by atoms with Crippen LogP contribution in [0.2, 0.25) is 0 Å². The van der Waals surface area contributed by atoms with E-state index in [1.165, 1.54) is 0 Å². The molecule has 0 aliphatic rings. The Kier molecular flexibility index (Phi) is 9.49. The molecule has 0 saturated carbocycles. The molecule has 26 heavy (non-hydrogen) atoms. The third-order valence-corrected chi connectivity index (χ3v) is 5.16. The van der Waals surface area contributed by atoms with Crippen LogP contribution in [0, 0.1) is 17.8 Å². The fraction of sp³-hybridized carbons (Fsp3) is 0.667. The molecular weight excluding hydrogens is 326 g/mol. The number of nitrogens with zero attached hydrogens (tertiary/aromatic N) is 1. The van der Waals surface area contributed by atoms with Gasteiger partial charge >= 0.3 is 0 Å². The largest absolute Gasteiger partial charge is 0.349 e. The summed E-state index contributed by atoms with van der Waals surface area (Å²) in [5.74, 6) is 0.289. The van der Waals surface area contributed by atoms with Crippen LogP contribution in [0.25, 0.3) is 0 Å². The van der Waals surface area contributed by atoms with Crippen molar-refractivity contribution < 1.29 is 9.59 Å². The van der Waals surface area contributed by atoms with Crippen molar-refractivity contribution in [3.63, 3.8) is 0 Å².